The second-order valence-electron chi connectivity index (χ2n) is 4.54. The van der Waals surface area contributed by atoms with Gasteiger partial charge in [-0.15, -0.1) is 11.3 Å². The number of hydrogen-bond acceptors (Lipinski definition) is 6. The Balaban J connectivity index is 1.70. The first-order valence-corrected chi connectivity index (χ1v) is 8.39. The van der Waals surface area contributed by atoms with E-state index in [1.54, 1.807) is 18.4 Å². The first kappa shape index (κ1) is 15.0. The summed E-state index contributed by atoms with van der Waals surface area (Å²) >= 11 is 2.94. The number of nitrogens with zero attached hydrogens (tertiary/aromatic N) is 1. The lowest BCUT2D eigenvalue weighted by Crippen LogP contribution is -2.26. The molecule has 0 aliphatic heterocycles. The molecule has 114 valence electrons. The molecule has 0 spiro atoms. The molecule has 0 aliphatic carbocycles. The monoisotopic (exact) mass is 333 g/mol. The molecule has 2 heterocycles. The molecule has 2 N–H and O–H groups in total. The van der Waals surface area contributed by atoms with Gasteiger partial charge in [-0.05, 0) is 18.2 Å². The SMILES string of the molecule is COCCNC(=O)c1cc2sc(Nc3ccccc3)nc2s1. The molecule has 7 heteroatoms. The number of para-hydroxylation sites is 1. The molecule has 1 aromatic carbocycles. The molecule has 0 unspecified atom stereocenters. The molecule has 0 bridgehead atoms. The number of benzene rings is 1. The van der Waals surface area contributed by atoms with Crippen molar-refractivity contribution in [2.75, 3.05) is 25.6 Å². The molecule has 0 saturated heterocycles. The van der Waals surface area contributed by atoms with Crippen LogP contribution in [-0.4, -0.2) is 31.2 Å². The number of ether oxygens (including phenoxy) is 1. The topological polar surface area (TPSA) is 63.2 Å². The Morgan fingerprint density at radius 2 is 2.09 bits per heavy atom. The van der Waals surface area contributed by atoms with E-state index in [0.29, 0.717) is 18.0 Å². The van der Waals surface area contributed by atoms with Crippen LogP contribution in [0.5, 0.6) is 0 Å². The van der Waals surface area contributed by atoms with Gasteiger partial charge in [-0.25, -0.2) is 4.98 Å². The number of anilines is 2. The lowest BCUT2D eigenvalue weighted by Gasteiger charge is -2.01. The van der Waals surface area contributed by atoms with E-state index >= 15 is 0 Å². The van der Waals surface area contributed by atoms with E-state index in [0.717, 1.165) is 20.3 Å². The van der Waals surface area contributed by atoms with Crippen LogP contribution < -0.4 is 10.6 Å². The van der Waals surface area contributed by atoms with Crippen molar-refractivity contribution >= 4 is 48.9 Å². The molecule has 2 aromatic heterocycles. The van der Waals surface area contributed by atoms with Crippen molar-refractivity contribution in [2.45, 2.75) is 0 Å². The van der Waals surface area contributed by atoms with E-state index < -0.39 is 0 Å². The van der Waals surface area contributed by atoms with Crippen LogP contribution in [0.15, 0.2) is 36.4 Å². The van der Waals surface area contributed by atoms with Gasteiger partial charge < -0.3 is 15.4 Å². The predicted octanol–water partition coefficient (Wildman–Crippen LogP) is 3.48. The number of rotatable bonds is 6. The molecule has 0 radical (unpaired) electrons. The maximum Gasteiger partial charge on any atom is 0.261 e. The van der Waals surface area contributed by atoms with Crippen LogP contribution in [0, 0.1) is 0 Å². The lowest BCUT2D eigenvalue weighted by atomic mass is 10.3. The second-order valence-corrected chi connectivity index (χ2v) is 6.60. The van der Waals surface area contributed by atoms with Crippen LogP contribution in [0.4, 0.5) is 10.8 Å². The Bertz CT molecular complexity index is 736. The third kappa shape index (κ3) is 3.44. The molecule has 1 amide bonds. The summed E-state index contributed by atoms with van der Waals surface area (Å²) in [6.45, 7) is 1.02. The Morgan fingerprint density at radius 3 is 2.82 bits per heavy atom. The van der Waals surface area contributed by atoms with Crippen molar-refractivity contribution in [2.24, 2.45) is 0 Å². The van der Waals surface area contributed by atoms with Crippen LogP contribution in [-0.2, 0) is 4.74 Å². The van der Waals surface area contributed by atoms with Crippen molar-refractivity contribution in [1.82, 2.24) is 10.3 Å². The zero-order valence-corrected chi connectivity index (χ0v) is 13.6. The van der Waals surface area contributed by atoms with Gasteiger partial charge in [-0.3, -0.25) is 4.79 Å². The zero-order valence-electron chi connectivity index (χ0n) is 12.0. The summed E-state index contributed by atoms with van der Waals surface area (Å²) in [4.78, 5) is 18.0. The molecular weight excluding hydrogens is 318 g/mol. The standard InChI is InChI=1S/C15H15N3O2S2/c1-20-8-7-16-13(19)11-9-12-14(21-11)18-15(22-12)17-10-5-3-2-4-6-10/h2-6,9H,7-8H2,1H3,(H,16,19)(H,17,18). The highest BCUT2D eigenvalue weighted by Gasteiger charge is 2.13. The number of methoxy groups -OCH3 is 1. The fourth-order valence-corrected chi connectivity index (χ4v) is 3.95. The van der Waals surface area contributed by atoms with Gasteiger partial charge in [-0.1, -0.05) is 29.5 Å². The molecule has 0 fully saturated rings. The average molecular weight is 333 g/mol. The van der Waals surface area contributed by atoms with Gasteiger partial charge in [0.15, 0.2) is 5.13 Å². The number of amides is 1. The van der Waals surface area contributed by atoms with Gasteiger partial charge in [0.05, 0.1) is 16.2 Å². The summed E-state index contributed by atoms with van der Waals surface area (Å²) in [5, 5.41) is 6.91. The Kier molecular flexibility index (Phi) is 4.67. The number of nitrogens with one attached hydrogen (secondary N) is 2. The summed E-state index contributed by atoms with van der Waals surface area (Å²) in [6, 6.07) is 11.8. The summed E-state index contributed by atoms with van der Waals surface area (Å²) in [5.41, 5.74) is 1.00. The van der Waals surface area contributed by atoms with Crippen molar-refractivity contribution < 1.29 is 9.53 Å². The number of aromatic nitrogens is 1. The van der Waals surface area contributed by atoms with Crippen molar-refractivity contribution in [3.05, 3.63) is 41.3 Å². The van der Waals surface area contributed by atoms with Crippen LogP contribution in [0.3, 0.4) is 0 Å². The molecule has 3 rings (SSSR count). The molecule has 0 aliphatic rings. The van der Waals surface area contributed by atoms with E-state index in [1.807, 2.05) is 36.4 Å². The second kappa shape index (κ2) is 6.87. The molecular formula is C15H15N3O2S2. The maximum absolute atomic E-state index is 12.0. The Hall–Kier alpha value is -1.96. The molecule has 3 aromatic rings. The minimum atomic E-state index is -0.0789. The van der Waals surface area contributed by atoms with E-state index in [9.17, 15) is 4.79 Å². The fraction of sp³-hybridized carbons (Fsp3) is 0.200. The van der Waals surface area contributed by atoms with Crippen molar-refractivity contribution in [3.63, 3.8) is 0 Å². The number of thiazole rings is 1. The Morgan fingerprint density at radius 1 is 1.27 bits per heavy atom. The lowest BCUT2D eigenvalue weighted by molar-refractivity contribution is 0.0941. The van der Waals surface area contributed by atoms with Crippen molar-refractivity contribution in [3.8, 4) is 0 Å². The van der Waals surface area contributed by atoms with Crippen molar-refractivity contribution in [1.29, 1.82) is 0 Å². The zero-order chi connectivity index (χ0) is 15.4. The minimum absolute atomic E-state index is 0.0789. The van der Waals surface area contributed by atoms with Crippen LogP contribution in [0.1, 0.15) is 9.67 Å². The number of fused-ring (bicyclic) bond motifs is 1. The molecule has 5 nitrogen and oxygen atoms in total. The summed E-state index contributed by atoms with van der Waals surface area (Å²) in [6.07, 6.45) is 0. The predicted molar refractivity (Wildman–Crippen MR) is 91.4 cm³/mol. The molecule has 0 saturated carbocycles. The van der Waals surface area contributed by atoms with Crippen LogP contribution in [0.25, 0.3) is 9.53 Å². The number of carbonyl (C=O) groups is 1. The smallest absolute Gasteiger partial charge is 0.261 e. The van der Waals surface area contributed by atoms with Gasteiger partial charge in [0.25, 0.3) is 5.91 Å². The van der Waals surface area contributed by atoms with Gasteiger partial charge in [0.1, 0.15) is 4.83 Å². The molecule has 22 heavy (non-hydrogen) atoms. The van der Waals surface area contributed by atoms with E-state index in [4.69, 9.17) is 4.74 Å². The highest BCUT2D eigenvalue weighted by Crippen LogP contribution is 2.34. The minimum Gasteiger partial charge on any atom is -0.383 e. The first-order chi connectivity index (χ1) is 10.8. The highest BCUT2D eigenvalue weighted by molar-refractivity contribution is 7.29. The van der Waals surface area contributed by atoms with Gasteiger partial charge in [0, 0.05) is 19.3 Å². The highest BCUT2D eigenvalue weighted by atomic mass is 32.1. The summed E-state index contributed by atoms with van der Waals surface area (Å²) in [5.74, 6) is -0.0789. The third-order valence-electron chi connectivity index (χ3n) is 2.93. The van der Waals surface area contributed by atoms with E-state index in [-0.39, 0.29) is 5.91 Å². The van der Waals surface area contributed by atoms with Crippen LogP contribution in [0.2, 0.25) is 0 Å². The number of carbonyl (C=O) groups excluding carboxylic acids is 1. The quantitative estimate of drug-likeness (QED) is 0.678. The summed E-state index contributed by atoms with van der Waals surface area (Å²) < 4.78 is 5.93. The number of thiophene rings is 1. The normalized spacial score (nSPS) is 10.8. The maximum atomic E-state index is 12.0. The van der Waals surface area contributed by atoms with E-state index in [2.05, 4.69) is 15.6 Å². The average Bonchev–Trinajstić information content (AvgIpc) is 3.07. The first-order valence-electron chi connectivity index (χ1n) is 6.76. The van der Waals surface area contributed by atoms with Crippen LogP contribution >= 0.6 is 22.7 Å². The van der Waals surface area contributed by atoms with Gasteiger partial charge in [-0.2, -0.15) is 0 Å². The number of hydrogen-bond donors (Lipinski definition) is 2. The summed E-state index contributed by atoms with van der Waals surface area (Å²) in [7, 11) is 1.61. The largest absolute Gasteiger partial charge is 0.383 e. The Labute approximate surface area is 136 Å². The fourth-order valence-electron chi connectivity index (χ4n) is 1.90. The van der Waals surface area contributed by atoms with Gasteiger partial charge >= 0.3 is 0 Å². The molecule has 0 atom stereocenters. The third-order valence-corrected chi connectivity index (χ3v) is 5.00. The van der Waals surface area contributed by atoms with Gasteiger partial charge in [0.2, 0.25) is 0 Å². The van der Waals surface area contributed by atoms with E-state index in [1.165, 1.54) is 11.3 Å².